The van der Waals surface area contributed by atoms with Crippen LogP contribution in [-0.4, -0.2) is 39.9 Å². The minimum Gasteiger partial charge on any atom is -0.311 e. The van der Waals surface area contributed by atoms with E-state index in [9.17, 15) is 0 Å². The number of nitrogens with zero attached hydrogens (tertiary/aromatic N) is 3. The van der Waals surface area contributed by atoms with E-state index in [1.54, 1.807) is 0 Å². The van der Waals surface area contributed by atoms with Crippen molar-refractivity contribution >= 4 is 0 Å². The zero-order chi connectivity index (χ0) is 14.6. The van der Waals surface area contributed by atoms with Crippen molar-refractivity contribution < 1.29 is 0 Å². The molecule has 0 amide bonds. The molecule has 0 fully saturated rings. The standard InChI is InChI=1S/C15H30N4/c1-11(2)19(12(3)4)9-8-16-10-15-13(5)17-18(7)14(15)6/h11-12,16H,8-10H2,1-7H3. The lowest BCUT2D eigenvalue weighted by Gasteiger charge is -2.30. The molecule has 0 bridgehead atoms. The Morgan fingerprint density at radius 1 is 1.16 bits per heavy atom. The fraction of sp³-hybridized carbons (Fsp3) is 0.800. The lowest BCUT2D eigenvalue weighted by molar-refractivity contribution is 0.176. The molecule has 0 aliphatic carbocycles. The Morgan fingerprint density at radius 3 is 2.16 bits per heavy atom. The van der Waals surface area contributed by atoms with Crippen LogP contribution >= 0.6 is 0 Å². The average molecular weight is 266 g/mol. The molecule has 0 aliphatic rings. The SMILES string of the molecule is Cc1nn(C)c(C)c1CNCCN(C(C)C)C(C)C. The first kappa shape index (κ1) is 16.2. The van der Waals surface area contributed by atoms with Gasteiger partial charge in [0.05, 0.1) is 5.69 Å². The quantitative estimate of drug-likeness (QED) is 0.768. The normalized spacial score (nSPS) is 12.1. The van der Waals surface area contributed by atoms with Gasteiger partial charge in [-0.25, -0.2) is 0 Å². The van der Waals surface area contributed by atoms with Gasteiger partial charge in [0.25, 0.3) is 0 Å². The van der Waals surface area contributed by atoms with Crippen LogP contribution in [0.2, 0.25) is 0 Å². The van der Waals surface area contributed by atoms with Crippen LogP contribution in [0.15, 0.2) is 0 Å². The van der Waals surface area contributed by atoms with Crippen LogP contribution in [-0.2, 0) is 13.6 Å². The predicted molar refractivity (Wildman–Crippen MR) is 81.4 cm³/mol. The second-order valence-corrected chi connectivity index (χ2v) is 5.88. The molecule has 1 N–H and O–H groups in total. The van der Waals surface area contributed by atoms with Crippen molar-refractivity contribution in [3.05, 3.63) is 17.0 Å². The monoisotopic (exact) mass is 266 g/mol. The summed E-state index contributed by atoms with van der Waals surface area (Å²) in [5.74, 6) is 0. The molecular formula is C15H30N4. The van der Waals surface area contributed by atoms with Gasteiger partial charge in [-0.05, 0) is 41.5 Å². The van der Waals surface area contributed by atoms with Gasteiger partial charge in [0.1, 0.15) is 0 Å². The highest BCUT2D eigenvalue weighted by molar-refractivity contribution is 5.23. The Kier molecular flexibility index (Phi) is 6.01. The van der Waals surface area contributed by atoms with Crippen LogP contribution in [0.3, 0.4) is 0 Å². The number of hydrogen-bond donors (Lipinski definition) is 1. The molecule has 1 aromatic rings. The number of aromatic nitrogens is 2. The van der Waals surface area contributed by atoms with E-state index in [0.29, 0.717) is 12.1 Å². The lowest BCUT2D eigenvalue weighted by Crippen LogP contribution is -2.41. The van der Waals surface area contributed by atoms with E-state index in [0.717, 1.165) is 25.3 Å². The fourth-order valence-corrected chi connectivity index (χ4v) is 2.61. The summed E-state index contributed by atoms with van der Waals surface area (Å²) in [6.45, 7) is 16.3. The Balaban J connectivity index is 2.42. The summed E-state index contributed by atoms with van der Waals surface area (Å²) in [6.07, 6.45) is 0. The van der Waals surface area contributed by atoms with Gasteiger partial charge in [-0.2, -0.15) is 5.10 Å². The van der Waals surface area contributed by atoms with Crippen LogP contribution in [0.5, 0.6) is 0 Å². The topological polar surface area (TPSA) is 33.1 Å². The lowest BCUT2D eigenvalue weighted by atomic mass is 10.2. The molecule has 0 unspecified atom stereocenters. The van der Waals surface area contributed by atoms with Gasteiger partial charge >= 0.3 is 0 Å². The van der Waals surface area contributed by atoms with Crippen molar-refractivity contribution in [3.63, 3.8) is 0 Å². The van der Waals surface area contributed by atoms with Crippen LogP contribution in [0.1, 0.15) is 44.6 Å². The molecule has 1 aromatic heterocycles. The summed E-state index contributed by atoms with van der Waals surface area (Å²) in [7, 11) is 2.01. The Hall–Kier alpha value is -0.870. The third-order valence-corrected chi connectivity index (χ3v) is 3.83. The van der Waals surface area contributed by atoms with E-state index >= 15 is 0 Å². The molecule has 0 saturated carbocycles. The van der Waals surface area contributed by atoms with E-state index in [1.165, 1.54) is 11.3 Å². The Morgan fingerprint density at radius 2 is 1.74 bits per heavy atom. The molecule has 0 spiro atoms. The second-order valence-electron chi connectivity index (χ2n) is 5.88. The molecule has 1 rings (SSSR count). The van der Waals surface area contributed by atoms with Gasteiger partial charge in [-0.3, -0.25) is 9.58 Å². The molecule has 19 heavy (non-hydrogen) atoms. The van der Waals surface area contributed by atoms with E-state index in [-0.39, 0.29) is 0 Å². The maximum absolute atomic E-state index is 4.45. The number of aryl methyl sites for hydroxylation is 2. The second kappa shape index (κ2) is 7.06. The summed E-state index contributed by atoms with van der Waals surface area (Å²) in [5.41, 5.74) is 3.73. The molecule has 0 atom stereocenters. The van der Waals surface area contributed by atoms with E-state index < -0.39 is 0 Å². The Labute approximate surface area is 118 Å². The largest absolute Gasteiger partial charge is 0.311 e. The maximum atomic E-state index is 4.45. The first-order chi connectivity index (χ1) is 8.84. The van der Waals surface area contributed by atoms with Gasteiger partial charge in [-0.15, -0.1) is 0 Å². The summed E-state index contributed by atoms with van der Waals surface area (Å²) in [4.78, 5) is 2.51. The smallest absolute Gasteiger partial charge is 0.0641 e. The van der Waals surface area contributed by atoms with Crippen LogP contribution < -0.4 is 5.32 Å². The third-order valence-electron chi connectivity index (χ3n) is 3.83. The summed E-state index contributed by atoms with van der Waals surface area (Å²) < 4.78 is 1.96. The molecule has 4 nitrogen and oxygen atoms in total. The first-order valence-corrected chi connectivity index (χ1v) is 7.30. The molecule has 4 heteroatoms. The van der Waals surface area contributed by atoms with Crippen molar-refractivity contribution in [2.75, 3.05) is 13.1 Å². The van der Waals surface area contributed by atoms with Crippen molar-refractivity contribution in [1.82, 2.24) is 20.0 Å². The van der Waals surface area contributed by atoms with Gasteiger partial charge in [-0.1, -0.05) is 0 Å². The average Bonchev–Trinajstić information content (AvgIpc) is 2.53. The van der Waals surface area contributed by atoms with Crippen molar-refractivity contribution in [1.29, 1.82) is 0 Å². The zero-order valence-electron chi connectivity index (χ0n) is 13.6. The molecule has 0 aliphatic heterocycles. The molecule has 0 saturated heterocycles. The highest BCUT2D eigenvalue weighted by atomic mass is 15.3. The van der Waals surface area contributed by atoms with Crippen molar-refractivity contribution in [2.45, 2.75) is 60.2 Å². The number of rotatable bonds is 7. The van der Waals surface area contributed by atoms with E-state index in [1.807, 2.05) is 11.7 Å². The number of nitrogens with one attached hydrogen (secondary N) is 1. The first-order valence-electron chi connectivity index (χ1n) is 7.30. The maximum Gasteiger partial charge on any atom is 0.0641 e. The van der Waals surface area contributed by atoms with E-state index in [4.69, 9.17) is 0 Å². The fourth-order valence-electron chi connectivity index (χ4n) is 2.61. The van der Waals surface area contributed by atoms with Gasteiger partial charge in [0.15, 0.2) is 0 Å². The third kappa shape index (κ3) is 4.32. The molecule has 110 valence electrons. The summed E-state index contributed by atoms with van der Waals surface area (Å²) >= 11 is 0. The van der Waals surface area contributed by atoms with E-state index in [2.05, 4.69) is 56.9 Å². The van der Waals surface area contributed by atoms with Crippen LogP contribution in [0.25, 0.3) is 0 Å². The highest BCUT2D eigenvalue weighted by Crippen LogP contribution is 2.11. The molecule has 0 radical (unpaired) electrons. The van der Waals surface area contributed by atoms with Crippen molar-refractivity contribution in [2.24, 2.45) is 7.05 Å². The minimum atomic E-state index is 0.601. The summed E-state index contributed by atoms with van der Waals surface area (Å²) in [5, 5.41) is 7.99. The highest BCUT2D eigenvalue weighted by Gasteiger charge is 2.13. The van der Waals surface area contributed by atoms with Gasteiger partial charge in [0, 0.05) is 50.0 Å². The molecule has 1 heterocycles. The Bertz CT molecular complexity index is 385. The van der Waals surface area contributed by atoms with Gasteiger partial charge in [0.2, 0.25) is 0 Å². The molecule has 0 aromatic carbocycles. The van der Waals surface area contributed by atoms with Crippen molar-refractivity contribution in [3.8, 4) is 0 Å². The minimum absolute atomic E-state index is 0.601. The summed E-state index contributed by atoms with van der Waals surface area (Å²) in [6, 6.07) is 1.20. The van der Waals surface area contributed by atoms with Crippen LogP contribution in [0, 0.1) is 13.8 Å². The van der Waals surface area contributed by atoms with Crippen LogP contribution in [0.4, 0.5) is 0 Å². The zero-order valence-corrected chi connectivity index (χ0v) is 13.6. The predicted octanol–water partition coefficient (Wildman–Crippen LogP) is 2.25. The van der Waals surface area contributed by atoms with Gasteiger partial charge < -0.3 is 5.32 Å². The number of hydrogen-bond acceptors (Lipinski definition) is 3. The molecular weight excluding hydrogens is 236 g/mol.